The van der Waals surface area contributed by atoms with Crippen LogP contribution in [0.3, 0.4) is 0 Å². The average Bonchev–Trinajstić information content (AvgIpc) is 2.81. The highest BCUT2D eigenvalue weighted by molar-refractivity contribution is 7.88. The molecule has 4 rings (SSSR count). The maximum atomic E-state index is 12.2. The molecule has 1 saturated carbocycles. The highest BCUT2D eigenvalue weighted by Gasteiger charge is 2.35. The van der Waals surface area contributed by atoms with Crippen molar-refractivity contribution in [2.24, 2.45) is 10.9 Å². The van der Waals surface area contributed by atoms with Gasteiger partial charge in [-0.15, -0.1) is 0 Å². The van der Waals surface area contributed by atoms with Crippen LogP contribution in [0.5, 0.6) is 5.88 Å². The minimum absolute atomic E-state index is 0.197. The monoisotopic (exact) mass is 544 g/mol. The van der Waals surface area contributed by atoms with Crippen molar-refractivity contribution < 1.29 is 22.7 Å². The van der Waals surface area contributed by atoms with Gasteiger partial charge < -0.3 is 15.2 Å². The second-order valence-electron chi connectivity index (χ2n) is 11.3. The van der Waals surface area contributed by atoms with Gasteiger partial charge in [0.15, 0.2) is 11.5 Å². The molecule has 0 bridgehead atoms. The lowest BCUT2D eigenvalue weighted by molar-refractivity contribution is 0.0569. The first-order valence-corrected chi connectivity index (χ1v) is 14.2. The predicted octanol–water partition coefficient (Wildman–Crippen LogP) is 3.98. The van der Waals surface area contributed by atoms with Crippen LogP contribution in [0, 0.1) is 5.92 Å². The van der Waals surface area contributed by atoms with Crippen LogP contribution >= 0.6 is 0 Å². The number of nitrogens with zero attached hydrogens (tertiary/aromatic N) is 3. The molecule has 0 radical (unpaired) electrons. The Balaban J connectivity index is 1.33. The lowest BCUT2D eigenvalue weighted by atomic mass is 9.78. The van der Waals surface area contributed by atoms with Crippen LogP contribution in [0.15, 0.2) is 35.6 Å². The first-order chi connectivity index (χ1) is 17.7. The Labute approximate surface area is 223 Å². The fraction of sp³-hybridized carbons (Fsp3) is 0.538. The van der Waals surface area contributed by atoms with Gasteiger partial charge in [-0.2, -0.15) is 18.1 Å². The molecule has 12 heteroatoms. The Bertz CT molecular complexity index is 1310. The van der Waals surface area contributed by atoms with Crippen molar-refractivity contribution >= 4 is 33.5 Å². The Morgan fingerprint density at radius 2 is 1.79 bits per heavy atom. The molecule has 2 aliphatic rings. The number of fused-ring (bicyclic) bond motifs is 1. The summed E-state index contributed by atoms with van der Waals surface area (Å²) in [6.07, 6.45) is 4.02. The van der Waals surface area contributed by atoms with E-state index in [9.17, 15) is 13.2 Å². The smallest absolute Gasteiger partial charge is 0.422 e. The summed E-state index contributed by atoms with van der Waals surface area (Å²) >= 11 is 0. The van der Waals surface area contributed by atoms with Gasteiger partial charge in [-0.05, 0) is 77.7 Å². The van der Waals surface area contributed by atoms with Gasteiger partial charge in [0.25, 0.3) is 0 Å². The summed E-state index contributed by atoms with van der Waals surface area (Å²) in [5, 5.41) is 0. The molecule has 38 heavy (non-hydrogen) atoms. The fourth-order valence-corrected chi connectivity index (χ4v) is 5.58. The van der Waals surface area contributed by atoms with Gasteiger partial charge in [0, 0.05) is 12.1 Å². The molecule has 11 nitrogen and oxygen atoms in total. The van der Waals surface area contributed by atoms with Gasteiger partial charge >= 0.3 is 16.3 Å². The molecule has 1 aliphatic carbocycles. The summed E-state index contributed by atoms with van der Waals surface area (Å²) in [5.41, 5.74) is 7.91. The van der Waals surface area contributed by atoms with Crippen LogP contribution in [-0.2, 0) is 14.9 Å². The molecule has 0 atom stereocenters. The third kappa shape index (κ3) is 6.79. The molecule has 1 amide bonds. The topological polar surface area (TPSA) is 158 Å². The van der Waals surface area contributed by atoms with Crippen molar-refractivity contribution in [2.75, 3.05) is 12.3 Å². The van der Waals surface area contributed by atoms with E-state index in [-0.39, 0.29) is 18.3 Å². The Morgan fingerprint density at radius 3 is 2.42 bits per heavy atom. The van der Waals surface area contributed by atoms with Crippen molar-refractivity contribution in [1.29, 1.82) is 0 Å². The van der Waals surface area contributed by atoms with Gasteiger partial charge in [-0.1, -0.05) is 24.3 Å². The Hall–Kier alpha value is -3.25. The lowest BCUT2D eigenvalue weighted by Crippen LogP contribution is -2.44. The standard InChI is InChI=1S/C26H36N6O5S/c1-25(2,3)37-24(33)32-38(34,35)30-14-16-6-8-17(9-7-16)18-10-12-19(13-11-18)21-26(4,5)36-23-20(31-21)22(27)28-15-29-23/h10-13,15-17,30H,6-9,14H2,1-5H3,(H,32,33)(H2,27,28,29). The minimum Gasteiger partial charge on any atom is -0.463 e. The van der Waals surface area contributed by atoms with E-state index in [1.54, 1.807) is 20.8 Å². The molecule has 2 heterocycles. The first-order valence-electron chi connectivity index (χ1n) is 12.7. The molecule has 0 unspecified atom stereocenters. The van der Waals surface area contributed by atoms with Crippen LogP contribution in [-0.4, -0.2) is 47.9 Å². The third-order valence-corrected chi connectivity index (χ3v) is 7.63. The third-order valence-electron chi connectivity index (χ3n) is 6.64. The number of rotatable bonds is 6. The number of carbonyl (C=O) groups is 1. The molecule has 1 aromatic heterocycles. The van der Waals surface area contributed by atoms with Crippen molar-refractivity contribution in [1.82, 2.24) is 19.4 Å². The average molecular weight is 545 g/mol. The number of aliphatic imine (C=N–C) groups is 1. The Kier molecular flexibility index (Phi) is 7.67. The number of hydrogen-bond acceptors (Lipinski definition) is 9. The molecule has 1 aromatic carbocycles. The molecule has 0 saturated heterocycles. The van der Waals surface area contributed by atoms with Gasteiger partial charge in [-0.3, -0.25) is 0 Å². The minimum atomic E-state index is -3.98. The molecule has 1 aliphatic heterocycles. The first kappa shape index (κ1) is 27.8. The van der Waals surface area contributed by atoms with E-state index in [1.807, 2.05) is 30.7 Å². The maximum Gasteiger partial charge on any atom is 0.422 e. The molecule has 206 valence electrons. The van der Waals surface area contributed by atoms with E-state index in [2.05, 4.69) is 26.8 Å². The molecule has 1 fully saturated rings. The molecule has 4 N–H and O–H groups in total. The van der Waals surface area contributed by atoms with E-state index in [4.69, 9.17) is 20.2 Å². The largest absolute Gasteiger partial charge is 0.463 e. The molecule has 0 spiro atoms. The number of ether oxygens (including phenoxy) is 2. The highest BCUT2D eigenvalue weighted by Crippen LogP contribution is 2.40. The van der Waals surface area contributed by atoms with Gasteiger partial charge in [-0.25, -0.2) is 19.5 Å². The van der Waals surface area contributed by atoms with Crippen molar-refractivity contribution in [3.8, 4) is 5.88 Å². The number of nitrogens with one attached hydrogen (secondary N) is 2. The zero-order valence-corrected chi connectivity index (χ0v) is 23.3. The van der Waals surface area contributed by atoms with Crippen LogP contribution < -0.4 is 19.9 Å². The number of hydrogen-bond donors (Lipinski definition) is 3. The van der Waals surface area contributed by atoms with Crippen LogP contribution in [0.2, 0.25) is 0 Å². The quantitative estimate of drug-likeness (QED) is 0.493. The lowest BCUT2D eigenvalue weighted by Gasteiger charge is -2.32. The van der Waals surface area contributed by atoms with E-state index in [1.165, 1.54) is 11.9 Å². The van der Waals surface area contributed by atoms with Crippen molar-refractivity contribution in [3.05, 3.63) is 41.7 Å². The molecule has 2 aromatic rings. The van der Waals surface area contributed by atoms with Crippen LogP contribution in [0.25, 0.3) is 0 Å². The second-order valence-corrected chi connectivity index (χ2v) is 12.8. The summed E-state index contributed by atoms with van der Waals surface area (Å²) in [7, 11) is -3.98. The summed E-state index contributed by atoms with van der Waals surface area (Å²) in [5.74, 6) is 1.24. The SMILES string of the molecule is CC(C)(C)OC(=O)NS(=O)(=O)NCC1CCC(c2ccc(C3=Nc4c(N)ncnc4OC3(C)C)cc2)CC1. The number of amides is 1. The Morgan fingerprint density at radius 1 is 1.13 bits per heavy atom. The predicted molar refractivity (Wildman–Crippen MR) is 145 cm³/mol. The molecular formula is C26H36N6O5S. The summed E-state index contributed by atoms with van der Waals surface area (Å²) in [6.45, 7) is 9.17. The molecular weight excluding hydrogens is 508 g/mol. The van der Waals surface area contributed by atoms with E-state index >= 15 is 0 Å². The fourth-order valence-electron chi connectivity index (χ4n) is 4.79. The van der Waals surface area contributed by atoms with Crippen LogP contribution in [0.4, 0.5) is 16.3 Å². The van der Waals surface area contributed by atoms with Gasteiger partial charge in [0.05, 0.1) is 5.71 Å². The number of nitrogens with two attached hydrogens (primary N) is 1. The van der Waals surface area contributed by atoms with E-state index < -0.39 is 27.5 Å². The van der Waals surface area contributed by atoms with Crippen molar-refractivity contribution in [2.45, 2.75) is 77.4 Å². The summed E-state index contributed by atoms with van der Waals surface area (Å²) in [4.78, 5) is 24.7. The van der Waals surface area contributed by atoms with Gasteiger partial charge in [0.1, 0.15) is 17.5 Å². The van der Waals surface area contributed by atoms with Crippen molar-refractivity contribution in [3.63, 3.8) is 0 Å². The zero-order valence-electron chi connectivity index (χ0n) is 22.4. The zero-order chi connectivity index (χ0) is 27.7. The maximum absolute atomic E-state index is 12.2. The van der Waals surface area contributed by atoms with Gasteiger partial charge in [0.2, 0.25) is 5.88 Å². The number of aromatic nitrogens is 2. The number of benzene rings is 1. The van der Waals surface area contributed by atoms with E-state index in [0.29, 0.717) is 17.5 Å². The number of carbonyl (C=O) groups excluding carboxylic acids is 1. The van der Waals surface area contributed by atoms with Crippen LogP contribution in [0.1, 0.15) is 77.3 Å². The number of nitrogen functional groups attached to an aromatic ring is 1. The number of anilines is 1. The second kappa shape index (κ2) is 10.5. The normalized spacial score (nSPS) is 21.0. The highest BCUT2D eigenvalue weighted by atomic mass is 32.2. The summed E-state index contributed by atoms with van der Waals surface area (Å²) < 4.78 is 39.9. The van der Waals surface area contributed by atoms with E-state index in [0.717, 1.165) is 37.0 Å². The summed E-state index contributed by atoms with van der Waals surface area (Å²) in [6, 6.07) is 8.33.